The molecule has 0 saturated carbocycles. The molecule has 0 N–H and O–H groups in total. The highest BCUT2D eigenvalue weighted by molar-refractivity contribution is 6.35. The maximum absolute atomic E-state index is 12.5. The highest BCUT2D eigenvalue weighted by Crippen LogP contribution is 2.28. The van der Waals surface area contributed by atoms with E-state index in [1.54, 1.807) is 49.6 Å². The Labute approximate surface area is 116 Å². The van der Waals surface area contributed by atoms with Gasteiger partial charge < -0.3 is 9.47 Å². The van der Waals surface area contributed by atoms with Crippen molar-refractivity contribution in [2.24, 2.45) is 0 Å². The van der Waals surface area contributed by atoms with Crippen molar-refractivity contribution >= 4 is 17.4 Å². The molecule has 2 rings (SSSR count). The number of hydrogen-bond donors (Lipinski definition) is 0. The SMILES string of the molecule is COc1ccc(OC)c(C(=O)c2ccccc2Cl)c1. The Balaban J connectivity index is 2.51. The predicted molar refractivity (Wildman–Crippen MR) is 74.4 cm³/mol. The summed E-state index contributed by atoms with van der Waals surface area (Å²) < 4.78 is 10.3. The fourth-order valence-corrected chi connectivity index (χ4v) is 2.00. The van der Waals surface area contributed by atoms with Crippen molar-refractivity contribution in [1.29, 1.82) is 0 Å². The van der Waals surface area contributed by atoms with Crippen LogP contribution < -0.4 is 9.47 Å². The Kier molecular flexibility index (Phi) is 4.07. The number of carbonyl (C=O) groups is 1. The summed E-state index contributed by atoms with van der Waals surface area (Å²) in [5.74, 6) is 0.892. The minimum atomic E-state index is -0.193. The Morgan fingerprint density at radius 1 is 1.00 bits per heavy atom. The smallest absolute Gasteiger partial charge is 0.198 e. The number of carbonyl (C=O) groups excluding carboxylic acids is 1. The van der Waals surface area contributed by atoms with E-state index in [4.69, 9.17) is 21.1 Å². The van der Waals surface area contributed by atoms with Crippen molar-refractivity contribution in [3.63, 3.8) is 0 Å². The Morgan fingerprint density at radius 3 is 2.37 bits per heavy atom. The molecule has 2 aromatic rings. The van der Waals surface area contributed by atoms with Gasteiger partial charge in [-0.1, -0.05) is 23.7 Å². The van der Waals surface area contributed by atoms with Gasteiger partial charge in [0.1, 0.15) is 11.5 Å². The number of hydrogen-bond acceptors (Lipinski definition) is 3. The minimum Gasteiger partial charge on any atom is -0.497 e. The second-order valence-electron chi connectivity index (χ2n) is 3.88. The minimum absolute atomic E-state index is 0.193. The maximum Gasteiger partial charge on any atom is 0.198 e. The molecule has 0 atom stereocenters. The van der Waals surface area contributed by atoms with Crippen LogP contribution in [-0.2, 0) is 0 Å². The molecule has 0 aliphatic carbocycles. The van der Waals surface area contributed by atoms with Crippen LogP contribution in [0.2, 0.25) is 5.02 Å². The van der Waals surface area contributed by atoms with Crippen LogP contribution in [0.15, 0.2) is 42.5 Å². The van der Waals surface area contributed by atoms with Crippen molar-refractivity contribution in [3.05, 3.63) is 58.6 Å². The molecule has 19 heavy (non-hydrogen) atoms. The zero-order chi connectivity index (χ0) is 13.8. The average Bonchev–Trinajstić information content (AvgIpc) is 2.46. The molecule has 0 aliphatic rings. The molecule has 0 unspecified atom stereocenters. The summed E-state index contributed by atoms with van der Waals surface area (Å²) in [6.45, 7) is 0. The molecular weight excluding hydrogens is 264 g/mol. The van der Waals surface area contributed by atoms with Crippen LogP contribution in [0.3, 0.4) is 0 Å². The summed E-state index contributed by atoms with van der Waals surface area (Å²) in [5, 5.41) is 0.414. The van der Waals surface area contributed by atoms with E-state index >= 15 is 0 Å². The molecule has 2 aromatic carbocycles. The molecule has 3 nitrogen and oxygen atoms in total. The van der Waals surface area contributed by atoms with Crippen LogP contribution in [0, 0.1) is 0 Å². The second-order valence-corrected chi connectivity index (χ2v) is 4.28. The van der Waals surface area contributed by atoms with Gasteiger partial charge in [-0.3, -0.25) is 4.79 Å². The highest BCUT2D eigenvalue weighted by Gasteiger charge is 2.17. The molecule has 0 fully saturated rings. The Bertz CT molecular complexity index is 608. The van der Waals surface area contributed by atoms with Crippen LogP contribution >= 0.6 is 11.6 Å². The molecule has 0 heterocycles. The van der Waals surface area contributed by atoms with Gasteiger partial charge in [0.25, 0.3) is 0 Å². The first-order valence-corrected chi connectivity index (χ1v) is 6.06. The van der Waals surface area contributed by atoms with E-state index in [0.29, 0.717) is 27.6 Å². The van der Waals surface area contributed by atoms with E-state index in [1.807, 2.05) is 0 Å². The monoisotopic (exact) mass is 276 g/mol. The van der Waals surface area contributed by atoms with E-state index in [0.717, 1.165) is 0 Å². The van der Waals surface area contributed by atoms with Gasteiger partial charge in [-0.15, -0.1) is 0 Å². The van der Waals surface area contributed by atoms with Crippen LogP contribution in [0.25, 0.3) is 0 Å². The van der Waals surface area contributed by atoms with E-state index < -0.39 is 0 Å². The number of methoxy groups -OCH3 is 2. The van der Waals surface area contributed by atoms with Gasteiger partial charge >= 0.3 is 0 Å². The largest absolute Gasteiger partial charge is 0.497 e. The van der Waals surface area contributed by atoms with Crippen LogP contribution in [0.4, 0.5) is 0 Å². The zero-order valence-corrected chi connectivity index (χ0v) is 11.4. The topological polar surface area (TPSA) is 35.5 Å². The molecule has 0 bridgehead atoms. The summed E-state index contributed by atoms with van der Waals surface area (Å²) in [7, 11) is 3.07. The van der Waals surface area contributed by atoms with Gasteiger partial charge in [0, 0.05) is 5.56 Å². The van der Waals surface area contributed by atoms with E-state index in [9.17, 15) is 4.79 Å². The van der Waals surface area contributed by atoms with Crippen molar-refractivity contribution in [1.82, 2.24) is 0 Å². The van der Waals surface area contributed by atoms with Gasteiger partial charge in [0.2, 0.25) is 0 Å². The van der Waals surface area contributed by atoms with Crippen LogP contribution in [0.5, 0.6) is 11.5 Å². The molecule has 0 radical (unpaired) electrons. The summed E-state index contributed by atoms with van der Waals surface area (Å²) in [4.78, 5) is 12.5. The van der Waals surface area contributed by atoms with Crippen LogP contribution in [0.1, 0.15) is 15.9 Å². The molecule has 0 aliphatic heterocycles. The number of rotatable bonds is 4. The third kappa shape index (κ3) is 2.71. The Morgan fingerprint density at radius 2 is 1.74 bits per heavy atom. The standard InChI is InChI=1S/C15H13ClO3/c1-18-10-7-8-14(19-2)12(9-10)15(17)11-5-3-4-6-13(11)16/h3-9H,1-2H3. The first-order valence-electron chi connectivity index (χ1n) is 5.68. The van der Waals surface area contributed by atoms with Gasteiger partial charge in [0.15, 0.2) is 5.78 Å². The third-order valence-corrected chi connectivity index (χ3v) is 3.10. The Hall–Kier alpha value is -2.00. The number of benzene rings is 2. The normalized spacial score (nSPS) is 10.1. The van der Waals surface area contributed by atoms with Crippen molar-refractivity contribution < 1.29 is 14.3 Å². The zero-order valence-electron chi connectivity index (χ0n) is 10.6. The molecule has 0 amide bonds. The molecule has 98 valence electrons. The van der Waals surface area contributed by atoms with E-state index in [1.165, 1.54) is 7.11 Å². The lowest BCUT2D eigenvalue weighted by molar-refractivity contribution is 0.103. The van der Waals surface area contributed by atoms with Crippen LogP contribution in [-0.4, -0.2) is 20.0 Å². The summed E-state index contributed by atoms with van der Waals surface area (Å²) in [5.41, 5.74) is 0.866. The third-order valence-electron chi connectivity index (χ3n) is 2.77. The average molecular weight is 277 g/mol. The molecule has 0 aromatic heterocycles. The summed E-state index contributed by atoms with van der Waals surface area (Å²) in [6, 6.07) is 12.0. The first kappa shape index (κ1) is 13.4. The highest BCUT2D eigenvalue weighted by atomic mass is 35.5. The fraction of sp³-hybridized carbons (Fsp3) is 0.133. The molecule has 0 saturated heterocycles. The summed E-state index contributed by atoms with van der Waals surface area (Å²) >= 11 is 6.05. The molecule has 4 heteroatoms. The van der Waals surface area contributed by atoms with Gasteiger partial charge in [0.05, 0.1) is 24.8 Å². The number of ether oxygens (including phenoxy) is 2. The van der Waals surface area contributed by atoms with Crippen molar-refractivity contribution in [2.45, 2.75) is 0 Å². The summed E-state index contributed by atoms with van der Waals surface area (Å²) in [6.07, 6.45) is 0. The van der Waals surface area contributed by atoms with Crippen molar-refractivity contribution in [2.75, 3.05) is 14.2 Å². The second kappa shape index (κ2) is 5.76. The van der Waals surface area contributed by atoms with Gasteiger partial charge in [-0.2, -0.15) is 0 Å². The number of ketones is 1. The number of halogens is 1. The van der Waals surface area contributed by atoms with E-state index in [-0.39, 0.29) is 5.78 Å². The van der Waals surface area contributed by atoms with Crippen molar-refractivity contribution in [3.8, 4) is 11.5 Å². The maximum atomic E-state index is 12.5. The van der Waals surface area contributed by atoms with Gasteiger partial charge in [-0.25, -0.2) is 0 Å². The lowest BCUT2D eigenvalue weighted by atomic mass is 10.0. The molecular formula is C15H13ClO3. The lowest BCUT2D eigenvalue weighted by Crippen LogP contribution is -2.05. The first-order chi connectivity index (χ1) is 9.17. The quantitative estimate of drug-likeness (QED) is 0.801. The fourth-order valence-electron chi connectivity index (χ4n) is 1.78. The lowest BCUT2D eigenvalue weighted by Gasteiger charge is -2.10. The molecule has 0 spiro atoms. The predicted octanol–water partition coefficient (Wildman–Crippen LogP) is 3.59. The van der Waals surface area contributed by atoms with Gasteiger partial charge in [-0.05, 0) is 30.3 Å². The van der Waals surface area contributed by atoms with E-state index in [2.05, 4.69) is 0 Å².